The van der Waals surface area contributed by atoms with Gasteiger partial charge in [0.1, 0.15) is 12.1 Å². The fraction of sp³-hybridized carbons (Fsp3) is 0.529. The molecule has 55 heavy (non-hydrogen) atoms. The fourth-order valence-corrected chi connectivity index (χ4v) is 7.86. The lowest BCUT2D eigenvalue weighted by Gasteiger charge is -2.53. The van der Waals surface area contributed by atoms with Crippen LogP contribution in [0, 0.1) is 5.41 Å². The van der Waals surface area contributed by atoms with Crippen molar-refractivity contribution >= 4 is 71.7 Å². The number of esters is 4. The Morgan fingerprint density at radius 3 is 2.18 bits per heavy atom. The van der Waals surface area contributed by atoms with Crippen LogP contribution < -0.4 is 25.4 Å². The number of piperazine rings is 1. The van der Waals surface area contributed by atoms with E-state index in [0.29, 0.717) is 4.90 Å². The van der Waals surface area contributed by atoms with Crippen LogP contribution in [0.15, 0.2) is 18.2 Å². The first-order valence-corrected chi connectivity index (χ1v) is 17.7. The van der Waals surface area contributed by atoms with Gasteiger partial charge in [0.25, 0.3) is 5.91 Å². The predicted molar refractivity (Wildman–Crippen MR) is 187 cm³/mol. The van der Waals surface area contributed by atoms with E-state index in [1.54, 1.807) is 41.5 Å². The molecule has 3 aliphatic rings. The molecule has 4 atom stereocenters. The summed E-state index contributed by atoms with van der Waals surface area (Å²) in [6.45, 7) is 11.0. The number of β-lactam (4-membered cyclic amide) rings is 1. The minimum absolute atomic E-state index is 0.0148. The zero-order valence-electron chi connectivity index (χ0n) is 31.3. The van der Waals surface area contributed by atoms with E-state index in [1.165, 1.54) is 17.0 Å². The normalized spacial score (nSPS) is 22.0. The number of likely N-dealkylation sites (N-methyl/N-ethyl adjacent to an activating group) is 1. The number of carbonyl (C=O) groups excluding carboxylic acids is 10. The van der Waals surface area contributed by atoms with Gasteiger partial charge in [-0.1, -0.05) is 6.07 Å². The van der Waals surface area contributed by atoms with Crippen LogP contribution in [0.4, 0.5) is 4.79 Å². The summed E-state index contributed by atoms with van der Waals surface area (Å²) in [4.78, 5) is 129. The van der Waals surface area contributed by atoms with Gasteiger partial charge < -0.3 is 39.8 Å². The third-order valence-electron chi connectivity index (χ3n) is 8.62. The van der Waals surface area contributed by atoms with Gasteiger partial charge in [-0.15, -0.1) is 11.8 Å². The third kappa shape index (κ3) is 8.50. The molecule has 0 saturated carbocycles. The van der Waals surface area contributed by atoms with Gasteiger partial charge in [-0.05, 0) is 59.2 Å². The molecular formula is C34H42N6O14S. The Morgan fingerprint density at radius 2 is 1.60 bits per heavy atom. The predicted octanol–water partition coefficient (Wildman–Crippen LogP) is -0.311. The number of fused-ring (bicyclic) bond motifs is 1. The Balaban J connectivity index is 1.67. The van der Waals surface area contributed by atoms with Crippen LogP contribution in [0.25, 0.3) is 0 Å². The number of hydrogen-bond donors (Lipinski definition) is 3. The van der Waals surface area contributed by atoms with E-state index in [9.17, 15) is 47.9 Å². The van der Waals surface area contributed by atoms with E-state index in [0.717, 1.165) is 36.6 Å². The third-order valence-corrected chi connectivity index (χ3v) is 10.2. The largest absolute Gasteiger partial charge is 0.427 e. The maximum atomic E-state index is 14.2. The molecule has 298 valence electrons. The van der Waals surface area contributed by atoms with Crippen molar-refractivity contribution in [2.45, 2.75) is 83.3 Å². The van der Waals surface area contributed by atoms with Crippen LogP contribution in [-0.2, 0) is 52.6 Å². The summed E-state index contributed by atoms with van der Waals surface area (Å²) in [5.41, 5.74) is -0.993. The molecule has 3 heterocycles. The summed E-state index contributed by atoms with van der Waals surface area (Å²) >= 11 is 0.939. The molecule has 3 fully saturated rings. The second-order valence-corrected chi connectivity index (χ2v) is 16.0. The summed E-state index contributed by atoms with van der Waals surface area (Å²) in [6, 6.07) is -2.35. The number of amides is 7. The highest BCUT2D eigenvalue weighted by Gasteiger charge is 2.74. The molecule has 0 aliphatic carbocycles. The van der Waals surface area contributed by atoms with E-state index in [1.807, 2.05) is 0 Å². The Kier molecular flexibility index (Phi) is 12.2. The minimum atomic E-state index is -1.78. The molecule has 7 amide bonds. The molecule has 20 nitrogen and oxygen atoms in total. The van der Waals surface area contributed by atoms with Gasteiger partial charge in [0.15, 0.2) is 22.5 Å². The van der Waals surface area contributed by atoms with Crippen LogP contribution in [0.5, 0.6) is 11.5 Å². The van der Waals surface area contributed by atoms with Crippen molar-refractivity contribution < 1.29 is 66.9 Å². The maximum Gasteiger partial charge on any atom is 0.333 e. The summed E-state index contributed by atoms with van der Waals surface area (Å²) in [7, 11) is 0. The van der Waals surface area contributed by atoms with Crippen molar-refractivity contribution in [3.05, 3.63) is 23.8 Å². The van der Waals surface area contributed by atoms with Gasteiger partial charge in [0.05, 0.1) is 5.41 Å². The molecule has 1 aromatic carbocycles. The number of nitrogens with zero attached hydrogens (tertiary/aromatic N) is 3. The number of carbonyl (C=O) groups is 10. The zero-order valence-corrected chi connectivity index (χ0v) is 32.2. The number of rotatable bonds is 12. The minimum Gasteiger partial charge on any atom is -0.427 e. The van der Waals surface area contributed by atoms with Crippen LogP contribution in [0.1, 0.15) is 67.0 Å². The van der Waals surface area contributed by atoms with E-state index < -0.39 is 93.6 Å². The van der Waals surface area contributed by atoms with Crippen molar-refractivity contribution in [1.82, 2.24) is 30.7 Å². The van der Waals surface area contributed by atoms with Gasteiger partial charge in [0, 0.05) is 38.2 Å². The molecule has 0 aromatic heterocycles. The monoisotopic (exact) mass is 790 g/mol. The summed E-state index contributed by atoms with van der Waals surface area (Å²) < 4.78 is 19.4. The first kappa shape index (κ1) is 42.0. The number of urea groups is 1. The highest BCUT2D eigenvalue weighted by molar-refractivity contribution is 8.02. The average Bonchev–Trinajstić information content (AvgIpc) is 3.30. The highest BCUT2D eigenvalue weighted by Crippen LogP contribution is 2.57. The SMILES string of the molecule is CCN1CCN(C(=O)NC(C(=O)N[C@H]2C(=O)N3[C@@H](C(=O)OCOC(=O)C(C)(C)C)C(C)(C)SC23NC=O)c2ccc(OC(C)=O)c(OC(C)=O)c2)C(=O)C1=O. The summed E-state index contributed by atoms with van der Waals surface area (Å²) in [6.07, 6.45) is 0.261. The topological polar surface area (TPSA) is 253 Å². The molecule has 2 unspecified atom stereocenters. The lowest BCUT2D eigenvalue weighted by atomic mass is 9.92. The smallest absolute Gasteiger partial charge is 0.333 e. The second-order valence-electron chi connectivity index (χ2n) is 14.1. The number of ether oxygens (including phenoxy) is 4. The molecule has 1 aromatic rings. The molecule has 3 saturated heterocycles. The van der Waals surface area contributed by atoms with E-state index in [-0.39, 0.29) is 43.1 Å². The zero-order chi connectivity index (χ0) is 41.2. The molecule has 0 bridgehead atoms. The molecule has 0 radical (unpaired) electrons. The number of imide groups is 1. The number of hydrogen-bond acceptors (Lipinski definition) is 15. The first-order valence-electron chi connectivity index (χ1n) is 16.9. The van der Waals surface area contributed by atoms with Crippen molar-refractivity contribution in [1.29, 1.82) is 0 Å². The highest BCUT2D eigenvalue weighted by atomic mass is 32.2. The van der Waals surface area contributed by atoms with Gasteiger partial charge in [0.2, 0.25) is 19.1 Å². The van der Waals surface area contributed by atoms with Gasteiger partial charge in [-0.25, -0.2) is 9.59 Å². The Morgan fingerprint density at radius 1 is 0.964 bits per heavy atom. The Hall–Kier alpha value is -5.73. The quantitative estimate of drug-likeness (QED) is 0.0613. The number of benzene rings is 1. The first-order chi connectivity index (χ1) is 25.6. The van der Waals surface area contributed by atoms with Crippen molar-refractivity contribution in [3.63, 3.8) is 0 Å². The standard InChI is InChI=1S/C34H42N6O14S/c1-9-38-12-13-39(28(47)27(38)46)31(50)36-22(19-10-11-20(53-17(2)42)21(14-19)54-18(3)43)25(44)37-23-26(45)40-24(33(7,8)55-34(23,40)35-15-41)29(48)51-16-52-30(49)32(4,5)6/h10-11,14-15,22-24H,9,12-13,16H2,1-8H3,(H,35,41)(H,36,50)(H,37,44)/t22?,23-,24-,34?/m0/s1. The average molecular weight is 791 g/mol. The van der Waals surface area contributed by atoms with Crippen LogP contribution >= 0.6 is 11.8 Å². The summed E-state index contributed by atoms with van der Waals surface area (Å²) in [5, 5.41) is 7.41. The van der Waals surface area contributed by atoms with Gasteiger partial charge in [-0.2, -0.15) is 0 Å². The fourth-order valence-electron chi connectivity index (χ4n) is 6.07. The molecule has 21 heteroatoms. The van der Waals surface area contributed by atoms with Crippen LogP contribution in [-0.4, -0.2) is 123 Å². The van der Waals surface area contributed by atoms with E-state index in [2.05, 4.69) is 16.0 Å². The Bertz CT molecular complexity index is 1830. The maximum absolute atomic E-state index is 14.2. The lowest BCUT2D eigenvalue weighted by molar-refractivity contribution is -0.184. The molecular weight excluding hydrogens is 748 g/mol. The van der Waals surface area contributed by atoms with E-state index >= 15 is 0 Å². The van der Waals surface area contributed by atoms with Crippen LogP contribution in [0.3, 0.4) is 0 Å². The van der Waals surface area contributed by atoms with Crippen molar-refractivity contribution in [2.75, 3.05) is 26.4 Å². The van der Waals surface area contributed by atoms with Gasteiger partial charge in [-0.3, -0.25) is 48.2 Å². The van der Waals surface area contributed by atoms with Crippen molar-refractivity contribution in [2.24, 2.45) is 5.41 Å². The number of nitrogens with one attached hydrogen (secondary N) is 3. The second kappa shape index (κ2) is 15.9. The summed E-state index contributed by atoms with van der Waals surface area (Å²) in [5.74, 6) is -7.82. The number of thioether (sulfide) groups is 1. The molecule has 0 spiro atoms. The van der Waals surface area contributed by atoms with Crippen molar-refractivity contribution in [3.8, 4) is 11.5 Å². The molecule has 4 rings (SSSR count). The van der Waals surface area contributed by atoms with E-state index in [4.69, 9.17) is 18.9 Å². The lowest BCUT2D eigenvalue weighted by Crippen LogP contribution is -2.82. The van der Waals surface area contributed by atoms with Crippen LogP contribution in [0.2, 0.25) is 0 Å². The Labute approximate surface area is 319 Å². The molecule has 3 aliphatic heterocycles. The molecule has 3 N–H and O–H groups in total. The van der Waals surface area contributed by atoms with Gasteiger partial charge >= 0.3 is 41.7 Å².